The second-order valence-electron chi connectivity index (χ2n) is 5.63. The van der Waals surface area contributed by atoms with E-state index in [0.29, 0.717) is 19.5 Å². The van der Waals surface area contributed by atoms with Crippen molar-refractivity contribution in [1.29, 1.82) is 0 Å². The zero-order valence-corrected chi connectivity index (χ0v) is 13.8. The molecule has 122 valence electrons. The lowest BCUT2D eigenvalue weighted by molar-refractivity contribution is 0.236. The molecule has 0 saturated carbocycles. The SMILES string of the molecule is CN(CCCNC(=O)N[C@H]1CCc2ccccc21)S(C)(=O)=O. The highest BCUT2D eigenvalue weighted by Crippen LogP contribution is 2.30. The molecule has 1 aliphatic carbocycles. The van der Waals surface area contributed by atoms with E-state index in [1.807, 2.05) is 18.2 Å². The van der Waals surface area contributed by atoms with Crippen molar-refractivity contribution < 1.29 is 13.2 Å². The quantitative estimate of drug-likeness (QED) is 0.773. The second-order valence-corrected chi connectivity index (χ2v) is 7.72. The van der Waals surface area contributed by atoms with Gasteiger partial charge in [-0.05, 0) is 30.4 Å². The number of carbonyl (C=O) groups excluding carboxylic acids is 1. The van der Waals surface area contributed by atoms with Gasteiger partial charge < -0.3 is 10.6 Å². The Hall–Kier alpha value is -1.60. The first kappa shape index (κ1) is 16.8. The van der Waals surface area contributed by atoms with Crippen LogP contribution in [0, 0.1) is 0 Å². The van der Waals surface area contributed by atoms with Crippen LogP contribution in [-0.4, -0.2) is 45.1 Å². The van der Waals surface area contributed by atoms with Gasteiger partial charge in [-0.3, -0.25) is 0 Å². The molecular formula is C15H23N3O3S. The minimum Gasteiger partial charge on any atom is -0.338 e. The highest BCUT2D eigenvalue weighted by molar-refractivity contribution is 7.88. The number of nitrogens with one attached hydrogen (secondary N) is 2. The number of urea groups is 1. The summed E-state index contributed by atoms with van der Waals surface area (Å²) < 4.78 is 23.7. The summed E-state index contributed by atoms with van der Waals surface area (Å²) in [5, 5.41) is 5.75. The molecule has 2 N–H and O–H groups in total. The number of hydrogen-bond acceptors (Lipinski definition) is 3. The number of carbonyl (C=O) groups is 1. The van der Waals surface area contributed by atoms with Crippen LogP contribution in [0.4, 0.5) is 4.79 Å². The first-order valence-corrected chi connectivity index (χ1v) is 9.26. The van der Waals surface area contributed by atoms with E-state index < -0.39 is 10.0 Å². The van der Waals surface area contributed by atoms with E-state index in [2.05, 4.69) is 16.7 Å². The third-order valence-corrected chi connectivity index (χ3v) is 5.25. The lowest BCUT2D eigenvalue weighted by Crippen LogP contribution is -2.38. The van der Waals surface area contributed by atoms with Gasteiger partial charge in [0.1, 0.15) is 0 Å². The molecule has 1 aromatic carbocycles. The average molecular weight is 325 g/mol. The van der Waals surface area contributed by atoms with E-state index in [4.69, 9.17) is 0 Å². The fraction of sp³-hybridized carbons (Fsp3) is 0.533. The summed E-state index contributed by atoms with van der Waals surface area (Å²) in [6, 6.07) is 8.00. The number of nitrogens with zero attached hydrogens (tertiary/aromatic N) is 1. The summed E-state index contributed by atoms with van der Waals surface area (Å²) in [5.74, 6) is 0. The van der Waals surface area contributed by atoms with Crippen LogP contribution in [-0.2, 0) is 16.4 Å². The summed E-state index contributed by atoms with van der Waals surface area (Å²) in [5.41, 5.74) is 2.48. The van der Waals surface area contributed by atoms with Gasteiger partial charge in [0.25, 0.3) is 0 Å². The molecule has 1 aliphatic rings. The normalized spacial score (nSPS) is 17.3. The van der Waals surface area contributed by atoms with Gasteiger partial charge in [-0.2, -0.15) is 0 Å². The largest absolute Gasteiger partial charge is 0.338 e. The number of fused-ring (bicyclic) bond motifs is 1. The minimum atomic E-state index is -3.15. The average Bonchev–Trinajstić information content (AvgIpc) is 2.86. The Kier molecular flexibility index (Phi) is 5.42. The van der Waals surface area contributed by atoms with Gasteiger partial charge in [0.05, 0.1) is 12.3 Å². The molecular weight excluding hydrogens is 302 g/mol. The molecule has 2 rings (SSSR count). The number of hydrogen-bond donors (Lipinski definition) is 2. The summed E-state index contributed by atoms with van der Waals surface area (Å²) in [7, 11) is -1.62. The lowest BCUT2D eigenvalue weighted by atomic mass is 10.1. The van der Waals surface area contributed by atoms with Crippen LogP contribution in [0.15, 0.2) is 24.3 Å². The van der Waals surface area contributed by atoms with Gasteiger partial charge in [-0.1, -0.05) is 24.3 Å². The molecule has 0 radical (unpaired) electrons. The third-order valence-electron chi connectivity index (χ3n) is 3.94. The van der Waals surface area contributed by atoms with E-state index >= 15 is 0 Å². The molecule has 0 spiro atoms. The maximum absolute atomic E-state index is 11.9. The van der Waals surface area contributed by atoms with Crippen molar-refractivity contribution in [1.82, 2.24) is 14.9 Å². The van der Waals surface area contributed by atoms with Crippen molar-refractivity contribution in [2.75, 3.05) is 26.4 Å². The van der Waals surface area contributed by atoms with Crippen LogP contribution < -0.4 is 10.6 Å². The van der Waals surface area contributed by atoms with Gasteiger partial charge in [0.15, 0.2) is 0 Å². The Labute approximate surface area is 131 Å². The van der Waals surface area contributed by atoms with Crippen molar-refractivity contribution >= 4 is 16.1 Å². The maximum Gasteiger partial charge on any atom is 0.315 e. The van der Waals surface area contributed by atoms with E-state index in [0.717, 1.165) is 12.8 Å². The van der Waals surface area contributed by atoms with Crippen LogP contribution in [0.5, 0.6) is 0 Å². The molecule has 0 fully saturated rings. The van der Waals surface area contributed by atoms with E-state index in [9.17, 15) is 13.2 Å². The van der Waals surface area contributed by atoms with Crippen LogP contribution in [0.2, 0.25) is 0 Å². The van der Waals surface area contributed by atoms with Gasteiger partial charge in [0.2, 0.25) is 10.0 Å². The predicted octanol–water partition coefficient (Wildman–Crippen LogP) is 1.25. The van der Waals surface area contributed by atoms with E-state index in [1.165, 1.54) is 28.7 Å². The molecule has 1 aromatic rings. The smallest absolute Gasteiger partial charge is 0.315 e. The van der Waals surface area contributed by atoms with Gasteiger partial charge in [-0.25, -0.2) is 17.5 Å². The second kappa shape index (κ2) is 7.11. The topological polar surface area (TPSA) is 78.5 Å². The summed E-state index contributed by atoms with van der Waals surface area (Å²) in [6.45, 7) is 0.839. The third kappa shape index (κ3) is 4.45. The zero-order chi connectivity index (χ0) is 16.2. The molecule has 22 heavy (non-hydrogen) atoms. The lowest BCUT2D eigenvalue weighted by Gasteiger charge is -2.16. The molecule has 0 saturated heterocycles. The Morgan fingerprint density at radius 1 is 1.36 bits per heavy atom. The summed E-state index contributed by atoms with van der Waals surface area (Å²) in [6.07, 6.45) is 3.66. The van der Waals surface area contributed by atoms with Crippen LogP contribution in [0.25, 0.3) is 0 Å². The van der Waals surface area contributed by atoms with Gasteiger partial charge >= 0.3 is 6.03 Å². The number of benzene rings is 1. The molecule has 7 heteroatoms. The first-order valence-electron chi connectivity index (χ1n) is 7.41. The molecule has 0 unspecified atom stereocenters. The van der Waals surface area contributed by atoms with Crippen molar-refractivity contribution in [3.05, 3.63) is 35.4 Å². The Balaban J connectivity index is 1.71. The summed E-state index contributed by atoms with van der Waals surface area (Å²) in [4.78, 5) is 11.9. The van der Waals surface area contributed by atoms with Crippen molar-refractivity contribution in [3.63, 3.8) is 0 Å². The van der Waals surface area contributed by atoms with Gasteiger partial charge in [-0.15, -0.1) is 0 Å². The first-order chi connectivity index (χ1) is 10.4. The molecule has 0 aromatic heterocycles. The number of amides is 2. The number of sulfonamides is 1. The Morgan fingerprint density at radius 2 is 2.09 bits per heavy atom. The molecule has 0 heterocycles. The molecule has 6 nitrogen and oxygen atoms in total. The van der Waals surface area contributed by atoms with E-state index in [1.54, 1.807) is 0 Å². The van der Waals surface area contributed by atoms with Gasteiger partial charge in [0, 0.05) is 20.1 Å². The van der Waals surface area contributed by atoms with E-state index in [-0.39, 0.29) is 12.1 Å². The Bertz CT molecular complexity index is 631. The Morgan fingerprint density at radius 3 is 2.82 bits per heavy atom. The number of aryl methyl sites for hydroxylation is 1. The molecule has 1 atom stereocenters. The molecule has 2 amide bonds. The van der Waals surface area contributed by atoms with Crippen molar-refractivity contribution in [3.8, 4) is 0 Å². The van der Waals surface area contributed by atoms with Crippen LogP contribution in [0.1, 0.15) is 30.0 Å². The minimum absolute atomic E-state index is 0.0647. The molecule has 0 aliphatic heterocycles. The van der Waals surface area contributed by atoms with Crippen molar-refractivity contribution in [2.24, 2.45) is 0 Å². The highest BCUT2D eigenvalue weighted by atomic mass is 32.2. The van der Waals surface area contributed by atoms with Crippen molar-refractivity contribution in [2.45, 2.75) is 25.3 Å². The highest BCUT2D eigenvalue weighted by Gasteiger charge is 2.23. The maximum atomic E-state index is 11.9. The standard InChI is InChI=1S/C15H23N3O3S/c1-18(22(2,20)21)11-5-10-16-15(19)17-14-9-8-12-6-3-4-7-13(12)14/h3-4,6-7,14H,5,8-11H2,1-2H3,(H2,16,17,19)/t14-/m0/s1. The fourth-order valence-electron chi connectivity index (χ4n) is 2.59. The summed E-state index contributed by atoms with van der Waals surface area (Å²) >= 11 is 0. The van der Waals surface area contributed by atoms with Crippen LogP contribution in [0.3, 0.4) is 0 Å². The molecule has 0 bridgehead atoms. The van der Waals surface area contributed by atoms with Crippen LogP contribution >= 0.6 is 0 Å². The number of rotatable bonds is 6. The zero-order valence-electron chi connectivity index (χ0n) is 13.0. The predicted molar refractivity (Wildman–Crippen MR) is 86.1 cm³/mol. The fourth-order valence-corrected chi connectivity index (χ4v) is 3.05. The monoisotopic (exact) mass is 325 g/mol.